The van der Waals surface area contributed by atoms with E-state index in [2.05, 4.69) is 4.99 Å². The Morgan fingerprint density at radius 1 is 1.08 bits per heavy atom. The van der Waals surface area contributed by atoms with E-state index in [4.69, 9.17) is 21.1 Å². The molecular weight excluding hydrogens is 500 g/mol. The van der Waals surface area contributed by atoms with Gasteiger partial charge in [0.2, 0.25) is 0 Å². The summed E-state index contributed by atoms with van der Waals surface area (Å²) >= 11 is 7.27. The van der Waals surface area contributed by atoms with Gasteiger partial charge in [-0.1, -0.05) is 35.9 Å². The predicted molar refractivity (Wildman–Crippen MR) is 142 cm³/mol. The lowest BCUT2D eigenvalue weighted by atomic mass is 10.1. The molecule has 184 valence electrons. The number of thioether (sulfide) groups is 1. The van der Waals surface area contributed by atoms with Crippen molar-refractivity contribution in [3.63, 3.8) is 0 Å². The summed E-state index contributed by atoms with van der Waals surface area (Å²) in [6.45, 7) is 2.68. The number of rotatable bonds is 8. The molecule has 0 unspecified atom stereocenters. The van der Waals surface area contributed by atoms with Crippen molar-refractivity contribution in [3.05, 3.63) is 93.3 Å². The lowest BCUT2D eigenvalue weighted by Crippen LogP contribution is -2.23. The van der Waals surface area contributed by atoms with E-state index in [1.807, 2.05) is 49.4 Å². The third kappa shape index (κ3) is 6.08. The van der Waals surface area contributed by atoms with Gasteiger partial charge in [-0.05, 0) is 78.4 Å². The summed E-state index contributed by atoms with van der Waals surface area (Å²) in [6.07, 6.45) is 1.77. The molecule has 0 atom stereocenters. The van der Waals surface area contributed by atoms with Crippen LogP contribution in [0.15, 0.2) is 76.6 Å². The molecule has 0 radical (unpaired) electrons. The van der Waals surface area contributed by atoms with Crippen molar-refractivity contribution in [2.45, 2.75) is 13.5 Å². The summed E-state index contributed by atoms with van der Waals surface area (Å²) in [4.78, 5) is 30.5. The van der Waals surface area contributed by atoms with Crippen molar-refractivity contribution in [2.24, 2.45) is 4.99 Å². The molecule has 0 aromatic heterocycles. The van der Waals surface area contributed by atoms with Gasteiger partial charge in [-0.2, -0.15) is 0 Å². The molecular formula is C27H23ClN2O5S. The lowest BCUT2D eigenvalue weighted by molar-refractivity contribution is -0.121. The van der Waals surface area contributed by atoms with E-state index in [1.54, 1.807) is 25.3 Å². The number of hydrogen-bond donors (Lipinski definition) is 1. The van der Waals surface area contributed by atoms with E-state index in [0.29, 0.717) is 45.5 Å². The molecule has 1 aliphatic heterocycles. The first-order valence-electron chi connectivity index (χ1n) is 11.1. The monoisotopic (exact) mass is 522 g/mol. The second-order valence-electron chi connectivity index (χ2n) is 7.78. The van der Waals surface area contributed by atoms with Crippen LogP contribution in [-0.2, 0) is 11.4 Å². The number of hydrogen-bond acceptors (Lipinski definition) is 6. The van der Waals surface area contributed by atoms with Gasteiger partial charge < -0.3 is 14.6 Å². The van der Waals surface area contributed by atoms with Crippen LogP contribution in [0.25, 0.3) is 6.08 Å². The quantitative estimate of drug-likeness (QED) is 0.352. The predicted octanol–water partition coefficient (Wildman–Crippen LogP) is 6.25. The van der Waals surface area contributed by atoms with Gasteiger partial charge in [0.1, 0.15) is 6.61 Å². The van der Waals surface area contributed by atoms with Crippen LogP contribution < -0.4 is 9.47 Å². The molecule has 0 spiro atoms. The zero-order chi connectivity index (χ0) is 25.7. The van der Waals surface area contributed by atoms with Crippen molar-refractivity contribution >= 4 is 52.2 Å². The van der Waals surface area contributed by atoms with Crippen molar-refractivity contribution in [1.29, 1.82) is 0 Å². The number of carboxylic acid groups (broad SMARTS) is 1. The Morgan fingerprint density at radius 3 is 2.64 bits per heavy atom. The third-order valence-corrected chi connectivity index (χ3v) is 6.47. The largest absolute Gasteiger partial charge is 0.490 e. The van der Waals surface area contributed by atoms with Gasteiger partial charge in [0.15, 0.2) is 16.7 Å². The number of aliphatic imine (C=N–C) groups is 1. The van der Waals surface area contributed by atoms with Crippen molar-refractivity contribution in [1.82, 2.24) is 4.90 Å². The van der Waals surface area contributed by atoms with Gasteiger partial charge >= 0.3 is 5.97 Å². The van der Waals surface area contributed by atoms with Crippen molar-refractivity contribution < 1.29 is 24.2 Å². The highest BCUT2D eigenvalue weighted by atomic mass is 35.5. The van der Waals surface area contributed by atoms with Crippen molar-refractivity contribution in [2.75, 3.05) is 13.7 Å². The smallest absolute Gasteiger partial charge is 0.335 e. The third-order valence-electron chi connectivity index (χ3n) is 5.17. The molecule has 3 aromatic rings. The number of carboxylic acids is 1. The van der Waals surface area contributed by atoms with Gasteiger partial charge in [0.05, 0.1) is 22.8 Å². The maximum Gasteiger partial charge on any atom is 0.335 e. The number of nitrogens with zero attached hydrogens (tertiary/aromatic N) is 2. The maximum atomic E-state index is 12.8. The fourth-order valence-corrected chi connectivity index (χ4v) is 4.61. The first-order valence-corrected chi connectivity index (χ1v) is 12.3. The maximum absolute atomic E-state index is 12.8. The molecule has 0 saturated carbocycles. The second kappa shape index (κ2) is 11.3. The molecule has 7 nitrogen and oxygen atoms in total. The minimum absolute atomic E-state index is 0.130. The van der Waals surface area contributed by atoms with Gasteiger partial charge in [0, 0.05) is 12.1 Å². The second-order valence-corrected chi connectivity index (χ2v) is 9.23. The number of amidine groups is 1. The van der Waals surface area contributed by atoms with Crippen LogP contribution in [0.3, 0.4) is 0 Å². The fourth-order valence-electron chi connectivity index (χ4n) is 3.41. The molecule has 3 aromatic carbocycles. The molecule has 1 N–H and O–H groups in total. The summed E-state index contributed by atoms with van der Waals surface area (Å²) in [6, 6.07) is 19.2. The van der Waals surface area contributed by atoms with Crippen LogP contribution in [0.1, 0.15) is 28.4 Å². The number of benzene rings is 3. The molecule has 0 bridgehead atoms. The Labute approximate surface area is 218 Å². The highest BCUT2D eigenvalue weighted by molar-refractivity contribution is 8.18. The summed E-state index contributed by atoms with van der Waals surface area (Å²) in [5, 5.41) is 10.3. The van der Waals surface area contributed by atoms with Crippen LogP contribution in [0.5, 0.6) is 11.5 Å². The highest BCUT2D eigenvalue weighted by Gasteiger charge is 2.30. The summed E-state index contributed by atoms with van der Waals surface area (Å²) in [5.41, 5.74) is 2.30. The lowest BCUT2D eigenvalue weighted by Gasteiger charge is -2.13. The van der Waals surface area contributed by atoms with Crippen LogP contribution in [0, 0.1) is 0 Å². The molecule has 1 aliphatic rings. The topological polar surface area (TPSA) is 88.4 Å². The Hall–Kier alpha value is -3.75. The molecule has 1 amide bonds. The van der Waals surface area contributed by atoms with Crippen LogP contribution >= 0.6 is 23.4 Å². The first kappa shape index (κ1) is 25.3. The molecule has 4 rings (SSSR count). The molecule has 0 aliphatic carbocycles. The Morgan fingerprint density at radius 2 is 1.89 bits per heavy atom. The standard InChI is InChI=1S/C27H23ClN2O5S/c1-3-34-23-13-17(10-11-22(23)35-16-18-6-4-8-20(28)12-18)14-24-25(31)30(2)27(36-24)29-21-9-5-7-19(15-21)26(32)33/h4-15H,3,16H2,1-2H3,(H,32,33). The zero-order valence-electron chi connectivity index (χ0n) is 19.6. The number of carbonyl (C=O) groups excluding carboxylic acids is 1. The summed E-state index contributed by atoms with van der Waals surface area (Å²) in [7, 11) is 1.63. The average molecular weight is 523 g/mol. The van der Waals surface area contributed by atoms with Crippen LogP contribution in [0.4, 0.5) is 5.69 Å². The van der Waals surface area contributed by atoms with Crippen LogP contribution in [-0.4, -0.2) is 40.7 Å². The minimum Gasteiger partial charge on any atom is -0.490 e. The van der Waals surface area contributed by atoms with E-state index in [1.165, 1.54) is 28.8 Å². The molecule has 1 heterocycles. The number of amides is 1. The SMILES string of the molecule is CCOc1cc(C=C2SC(=Nc3cccc(C(=O)O)c3)N(C)C2=O)ccc1OCc1cccc(Cl)c1. The van der Waals surface area contributed by atoms with Gasteiger partial charge in [-0.15, -0.1) is 0 Å². The Bertz CT molecular complexity index is 1370. The van der Waals surface area contributed by atoms with Crippen LogP contribution in [0.2, 0.25) is 5.02 Å². The number of ether oxygens (including phenoxy) is 2. The first-order chi connectivity index (χ1) is 17.3. The Kier molecular flexibility index (Phi) is 7.97. The summed E-state index contributed by atoms with van der Waals surface area (Å²) in [5.74, 6) is -0.0854. The van der Waals surface area contributed by atoms with Gasteiger partial charge in [-0.25, -0.2) is 9.79 Å². The number of carbonyl (C=O) groups is 2. The van der Waals surface area contributed by atoms with E-state index in [9.17, 15) is 14.7 Å². The van der Waals surface area contributed by atoms with E-state index >= 15 is 0 Å². The number of likely N-dealkylation sites (N-methyl/N-ethyl adjacent to an activating group) is 1. The molecule has 9 heteroatoms. The van der Waals surface area contributed by atoms with Gasteiger partial charge in [0.25, 0.3) is 5.91 Å². The normalized spacial score (nSPS) is 15.5. The number of aromatic carboxylic acids is 1. The highest BCUT2D eigenvalue weighted by Crippen LogP contribution is 2.35. The zero-order valence-corrected chi connectivity index (χ0v) is 21.2. The van der Waals surface area contributed by atoms with E-state index < -0.39 is 5.97 Å². The molecule has 1 saturated heterocycles. The Balaban J connectivity index is 1.55. The molecule has 36 heavy (non-hydrogen) atoms. The van der Waals surface area contributed by atoms with E-state index in [0.717, 1.165) is 11.1 Å². The van der Waals surface area contributed by atoms with E-state index in [-0.39, 0.29) is 11.5 Å². The number of halogens is 1. The summed E-state index contributed by atoms with van der Waals surface area (Å²) < 4.78 is 11.7. The van der Waals surface area contributed by atoms with Gasteiger partial charge in [-0.3, -0.25) is 9.69 Å². The fraction of sp³-hybridized carbons (Fsp3) is 0.148. The average Bonchev–Trinajstić information content (AvgIpc) is 3.11. The van der Waals surface area contributed by atoms with Crippen molar-refractivity contribution in [3.8, 4) is 11.5 Å². The molecule has 1 fully saturated rings. The minimum atomic E-state index is -1.04.